The Kier molecular flexibility index (Phi) is 3.82. The molecule has 0 amide bonds. The van der Waals surface area contributed by atoms with Gasteiger partial charge in [0, 0.05) is 13.1 Å². The summed E-state index contributed by atoms with van der Waals surface area (Å²) in [4.78, 5) is 5.70. The first-order valence-electron chi connectivity index (χ1n) is 6.15. The fourth-order valence-corrected chi connectivity index (χ4v) is 2.34. The molecule has 1 heterocycles. The van der Waals surface area contributed by atoms with Gasteiger partial charge in [-0.05, 0) is 24.3 Å². The van der Waals surface area contributed by atoms with Crippen LogP contribution in [0.3, 0.4) is 0 Å². The van der Waals surface area contributed by atoms with Crippen LogP contribution in [0.4, 0.5) is 0 Å². The van der Waals surface area contributed by atoms with E-state index in [4.69, 9.17) is 16.9 Å². The van der Waals surface area contributed by atoms with Gasteiger partial charge in [-0.1, -0.05) is 30.3 Å². The van der Waals surface area contributed by atoms with E-state index < -0.39 is 0 Å². The smallest absolute Gasteiger partial charge is 0.221 e. The molecule has 1 aliphatic heterocycles. The van der Waals surface area contributed by atoms with Gasteiger partial charge < -0.3 is 16.4 Å². The van der Waals surface area contributed by atoms with Crippen molar-refractivity contribution in [1.29, 1.82) is 5.41 Å². The molecule has 5 nitrogen and oxygen atoms in total. The minimum Gasteiger partial charge on any atom is -0.370 e. The number of aliphatic imine (C=N–C) groups is 1. The molecule has 0 unspecified atom stereocenters. The summed E-state index contributed by atoms with van der Waals surface area (Å²) >= 11 is 0. The first-order valence-corrected chi connectivity index (χ1v) is 6.15. The standard InChI is InChI=1S/C13H19N5/c14-12(15)17-13(16)18-8-6-11(7-9-18)10-4-2-1-3-5-10/h1-5,11H,6-9H2,(H5,14,15,16,17). The minimum absolute atomic E-state index is 0.0508. The van der Waals surface area contributed by atoms with Crippen molar-refractivity contribution in [2.45, 2.75) is 18.8 Å². The molecule has 0 saturated carbocycles. The number of piperidine rings is 1. The van der Waals surface area contributed by atoms with Gasteiger partial charge in [-0.2, -0.15) is 4.99 Å². The highest BCUT2D eigenvalue weighted by Crippen LogP contribution is 2.27. The van der Waals surface area contributed by atoms with Crippen LogP contribution in [0.5, 0.6) is 0 Å². The highest BCUT2D eigenvalue weighted by atomic mass is 15.3. The Morgan fingerprint density at radius 3 is 2.33 bits per heavy atom. The lowest BCUT2D eigenvalue weighted by Gasteiger charge is -2.32. The molecule has 5 N–H and O–H groups in total. The number of nitrogens with one attached hydrogen (secondary N) is 1. The van der Waals surface area contributed by atoms with Gasteiger partial charge in [-0.3, -0.25) is 5.41 Å². The molecule has 1 aromatic rings. The van der Waals surface area contributed by atoms with Crippen LogP contribution in [0.1, 0.15) is 24.3 Å². The molecule has 1 aromatic carbocycles. The predicted molar refractivity (Wildman–Crippen MR) is 73.5 cm³/mol. The zero-order valence-corrected chi connectivity index (χ0v) is 10.3. The molecule has 5 heteroatoms. The number of hydrogen-bond acceptors (Lipinski definition) is 1. The van der Waals surface area contributed by atoms with Gasteiger partial charge in [0.05, 0.1) is 0 Å². The number of nitrogens with two attached hydrogens (primary N) is 2. The first-order chi connectivity index (χ1) is 8.66. The van der Waals surface area contributed by atoms with Gasteiger partial charge in [-0.25, -0.2) is 0 Å². The largest absolute Gasteiger partial charge is 0.370 e. The van der Waals surface area contributed by atoms with Crippen molar-refractivity contribution in [3.05, 3.63) is 35.9 Å². The Morgan fingerprint density at radius 2 is 1.78 bits per heavy atom. The van der Waals surface area contributed by atoms with E-state index in [9.17, 15) is 0 Å². The molecule has 0 aliphatic carbocycles. The van der Waals surface area contributed by atoms with Crippen molar-refractivity contribution in [2.24, 2.45) is 16.5 Å². The van der Waals surface area contributed by atoms with E-state index in [1.165, 1.54) is 5.56 Å². The average Bonchev–Trinajstić information content (AvgIpc) is 2.39. The van der Waals surface area contributed by atoms with Gasteiger partial charge in [0.15, 0.2) is 5.96 Å². The molecular formula is C13H19N5. The van der Waals surface area contributed by atoms with E-state index in [1.807, 2.05) is 11.0 Å². The Bertz CT molecular complexity index is 428. The molecule has 0 bridgehead atoms. The molecule has 1 aliphatic rings. The molecule has 0 aromatic heterocycles. The van der Waals surface area contributed by atoms with Crippen LogP contribution in [0.2, 0.25) is 0 Å². The summed E-state index contributed by atoms with van der Waals surface area (Å²) in [6.07, 6.45) is 2.07. The van der Waals surface area contributed by atoms with Gasteiger partial charge in [0.1, 0.15) is 0 Å². The maximum absolute atomic E-state index is 7.76. The van der Waals surface area contributed by atoms with Gasteiger partial charge in [0.2, 0.25) is 5.96 Å². The lowest BCUT2D eigenvalue weighted by atomic mass is 9.90. The second-order valence-corrected chi connectivity index (χ2v) is 4.53. The van der Waals surface area contributed by atoms with Crippen molar-refractivity contribution in [1.82, 2.24) is 4.90 Å². The van der Waals surface area contributed by atoms with Gasteiger partial charge >= 0.3 is 0 Å². The molecule has 1 fully saturated rings. The molecule has 1 saturated heterocycles. The third kappa shape index (κ3) is 3.00. The third-order valence-electron chi connectivity index (χ3n) is 3.30. The van der Waals surface area contributed by atoms with E-state index in [0.29, 0.717) is 5.92 Å². The molecular weight excluding hydrogens is 226 g/mol. The molecule has 0 radical (unpaired) electrons. The number of nitrogens with zero attached hydrogens (tertiary/aromatic N) is 2. The summed E-state index contributed by atoms with van der Waals surface area (Å²) in [6.45, 7) is 1.66. The summed E-state index contributed by atoms with van der Waals surface area (Å²) in [5, 5.41) is 7.76. The summed E-state index contributed by atoms with van der Waals surface area (Å²) in [6, 6.07) is 10.5. The first kappa shape index (κ1) is 12.4. The molecule has 96 valence electrons. The number of rotatable bonds is 1. The fourth-order valence-electron chi connectivity index (χ4n) is 2.34. The predicted octanol–water partition coefficient (Wildman–Crippen LogP) is 1.07. The number of benzene rings is 1. The maximum atomic E-state index is 7.76. The Hall–Kier alpha value is -2.04. The molecule has 0 spiro atoms. The van der Waals surface area contributed by atoms with E-state index >= 15 is 0 Å². The Morgan fingerprint density at radius 1 is 1.17 bits per heavy atom. The number of likely N-dealkylation sites (tertiary alicyclic amines) is 1. The third-order valence-corrected chi connectivity index (χ3v) is 3.30. The van der Waals surface area contributed by atoms with Crippen molar-refractivity contribution < 1.29 is 0 Å². The van der Waals surface area contributed by atoms with E-state index in [0.717, 1.165) is 25.9 Å². The van der Waals surface area contributed by atoms with Crippen molar-refractivity contribution >= 4 is 11.9 Å². The second-order valence-electron chi connectivity index (χ2n) is 4.53. The van der Waals surface area contributed by atoms with Crippen LogP contribution in [0, 0.1) is 5.41 Å². The highest BCUT2D eigenvalue weighted by molar-refractivity contribution is 5.91. The Labute approximate surface area is 107 Å². The monoisotopic (exact) mass is 245 g/mol. The van der Waals surface area contributed by atoms with Gasteiger partial charge in [0.25, 0.3) is 0 Å². The molecule has 18 heavy (non-hydrogen) atoms. The summed E-state index contributed by atoms with van der Waals surface area (Å²) in [5.41, 5.74) is 11.9. The van der Waals surface area contributed by atoms with E-state index in [-0.39, 0.29) is 11.9 Å². The normalized spacial score (nSPS) is 16.3. The van der Waals surface area contributed by atoms with Crippen LogP contribution in [-0.4, -0.2) is 29.9 Å². The minimum atomic E-state index is -0.0508. The zero-order chi connectivity index (χ0) is 13.0. The second kappa shape index (κ2) is 5.53. The maximum Gasteiger partial charge on any atom is 0.221 e. The van der Waals surface area contributed by atoms with Crippen molar-refractivity contribution in [3.63, 3.8) is 0 Å². The van der Waals surface area contributed by atoms with Crippen LogP contribution in [0.25, 0.3) is 0 Å². The summed E-state index contributed by atoms with van der Waals surface area (Å²) < 4.78 is 0. The lowest BCUT2D eigenvalue weighted by molar-refractivity contribution is 0.309. The number of guanidine groups is 2. The SMILES string of the molecule is N=C(N=C(N)N)N1CCC(c2ccccc2)CC1. The van der Waals surface area contributed by atoms with Crippen molar-refractivity contribution in [2.75, 3.05) is 13.1 Å². The van der Waals surface area contributed by atoms with Crippen LogP contribution < -0.4 is 11.5 Å². The fraction of sp³-hybridized carbons (Fsp3) is 0.385. The van der Waals surface area contributed by atoms with Gasteiger partial charge in [-0.15, -0.1) is 0 Å². The average molecular weight is 245 g/mol. The van der Waals surface area contributed by atoms with E-state index in [2.05, 4.69) is 29.3 Å². The van der Waals surface area contributed by atoms with Crippen LogP contribution >= 0.6 is 0 Å². The summed E-state index contributed by atoms with van der Waals surface area (Å²) in [7, 11) is 0. The molecule has 0 atom stereocenters. The zero-order valence-electron chi connectivity index (χ0n) is 10.3. The van der Waals surface area contributed by atoms with Crippen molar-refractivity contribution in [3.8, 4) is 0 Å². The highest BCUT2D eigenvalue weighted by Gasteiger charge is 2.21. The van der Waals surface area contributed by atoms with E-state index in [1.54, 1.807) is 0 Å². The van der Waals surface area contributed by atoms with Crippen LogP contribution in [-0.2, 0) is 0 Å². The number of hydrogen-bond donors (Lipinski definition) is 3. The quantitative estimate of drug-likeness (QED) is 0.510. The van der Waals surface area contributed by atoms with Crippen LogP contribution in [0.15, 0.2) is 35.3 Å². The topological polar surface area (TPSA) is 91.5 Å². The lowest BCUT2D eigenvalue weighted by Crippen LogP contribution is -2.38. The Balaban J connectivity index is 1.93. The molecule has 2 rings (SSSR count). The summed E-state index contributed by atoms with van der Waals surface area (Å²) in [5.74, 6) is 0.696.